The molecule has 0 spiro atoms. The minimum atomic E-state index is 0.0459. The molecule has 0 unspecified atom stereocenters. The SMILES string of the molecule is N#CCOc1ccc(-c2ccc(OCC#N)cc2)cc1. The highest BCUT2D eigenvalue weighted by Crippen LogP contribution is 2.24. The van der Waals surface area contributed by atoms with E-state index in [1.165, 1.54) is 0 Å². The molecule has 2 aromatic carbocycles. The second-order valence-electron chi connectivity index (χ2n) is 3.94. The minimum absolute atomic E-state index is 0.0459. The van der Waals surface area contributed by atoms with Crippen LogP contribution >= 0.6 is 0 Å². The van der Waals surface area contributed by atoms with Crippen LogP contribution in [-0.2, 0) is 0 Å². The van der Waals surface area contributed by atoms with Gasteiger partial charge in [0.25, 0.3) is 0 Å². The molecule has 0 saturated heterocycles. The highest BCUT2D eigenvalue weighted by Gasteiger charge is 2.00. The van der Waals surface area contributed by atoms with E-state index in [4.69, 9.17) is 20.0 Å². The monoisotopic (exact) mass is 264 g/mol. The topological polar surface area (TPSA) is 66.0 Å². The van der Waals surface area contributed by atoms with Crippen LogP contribution in [0, 0.1) is 22.7 Å². The zero-order valence-electron chi connectivity index (χ0n) is 10.7. The van der Waals surface area contributed by atoms with Gasteiger partial charge in [0.1, 0.15) is 23.6 Å². The highest BCUT2D eigenvalue weighted by atomic mass is 16.5. The Morgan fingerprint density at radius 2 is 1.00 bits per heavy atom. The van der Waals surface area contributed by atoms with Crippen molar-refractivity contribution in [1.29, 1.82) is 10.5 Å². The molecule has 20 heavy (non-hydrogen) atoms. The molecular weight excluding hydrogens is 252 g/mol. The number of hydrogen-bond acceptors (Lipinski definition) is 4. The van der Waals surface area contributed by atoms with Gasteiger partial charge in [0, 0.05) is 0 Å². The van der Waals surface area contributed by atoms with Crippen LogP contribution in [0.15, 0.2) is 48.5 Å². The molecule has 0 aliphatic heterocycles. The van der Waals surface area contributed by atoms with Crippen molar-refractivity contribution in [2.45, 2.75) is 0 Å². The highest BCUT2D eigenvalue weighted by molar-refractivity contribution is 5.64. The molecule has 0 fully saturated rings. The minimum Gasteiger partial charge on any atom is -0.479 e. The summed E-state index contributed by atoms with van der Waals surface area (Å²) in [7, 11) is 0. The molecule has 0 bridgehead atoms. The van der Waals surface area contributed by atoms with E-state index in [-0.39, 0.29) is 13.2 Å². The number of benzene rings is 2. The van der Waals surface area contributed by atoms with E-state index in [0.29, 0.717) is 11.5 Å². The van der Waals surface area contributed by atoms with Gasteiger partial charge in [0.2, 0.25) is 0 Å². The van der Waals surface area contributed by atoms with Gasteiger partial charge >= 0.3 is 0 Å². The van der Waals surface area contributed by atoms with Crippen molar-refractivity contribution in [3.63, 3.8) is 0 Å². The lowest BCUT2D eigenvalue weighted by Gasteiger charge is -2.06. The van der Waals surface area contributed by atoms with Crippen molar-refractivity contribution in [2.75, 3.05) is 13.2 Å². The molecule has 0 heterocycles. The van der Waals surface area contributed by atoms with Gasteiger partial charge < -0.3 is 9.47 Å². The van der Waals surface area contributed by atoms with Gasteiger partial charge in [0.05, 0.1) is 0 Å². The molecule has 0 radical (unpaired) electrons. The second kappa shape index (κ2) is 6.82. The summed E-state index contributed by atoms with van der Waals surface area (Å²) < 4.78 is 10.4. The summed E-state index contributed by atoms with van der Waals surface area (Å²) in [6.07, 6.45) is 0. The Hall–Kier alpha value is -2.98. The largest absolute Gasteiger partial charge is 0.479 e. The number of rotatable bonds is 5. The van der Waals surface area contributed by atoms with E-state index in [2.05, 4.69) is 0 Å². The van der Waals surface area contributed by atoms with Gasteiger partial charge in [0.15, 0.2) is 13.2 Å². The lowest BCUT2D eigenvalue weighted by molar-refractivity contribution is 0.368. The molecule has 4 nitrogen and oxygen atoms in total. The van der Waals surface area contributed by atoms with Crippen molar-refractivity contribution in [3.05, 3.63) is 48.5 Å². The van der Waals surface area contributed by atoms with Crippen LogP contribution in [-0.4, -0.2) is 13.2 Å². The van der Waals surface area contributed by atoms with E-state index in [0.717, 1.165) is 11.1 Å². The summed E-state index contributed by atoms with van der Waals surface area (Å²) in [6, 6.07) is 18.9. The van der Waals surface area contributed by atoms with E-state index in [1.807, 2.05) is 60.7 Å². The van der Waals surface area contributed by atoms with Crippen molar-refractivity contribution in [2.24, 2.45) is 0 Å². The first-order chi connectivity index (χ1) is 9.83. The molecule has 2 rings (SSSR count). The van der Waals surface area contributed by atoms with Crippen molar-refractivity contribution in [3.8, 4) is 34.8 Å². The average molecular weight is 264 g/mol. The molecule has 0 aliphatic rings. The molecule has 0 amide bonds. The van der Waals surface area contributed by atoms with Crippen LogP contribution in [0.2, 0.25) is 0 Å². The first-order valence-electron chi connectivity index (χ1n) is 6.03. The maximum atomic E-state index is 8.44. The summed E-state index contributed by atoms with van der Waals surface area (Å²) in [6.45, 7) is 0.0918. The van der Waals surface area contributed by atoms with Crippen molar-refractivity contribution >= 4 is 0 Å². The standard InChI is InChI=1S/C16H12N2O2/c17-9-11-19-15-5-1-13(2-6-15)14-3-7-16(8-4-14)20-12-10-18/h1-8H,11-12H2. The second-order valence-corrected chi connectivity index (χ2v) is 3.94. The summed E-state index contributed by atoms with van der Waals surface area (Å²) in [5.41, 5.74) is 2.09. The smallest absolute Gasteiger partial charge is 0.174 e. The van der Waals surface area contributed by atoms with Crippen LogP contribution in [0.5, 0.6) is 11.5 Å². The Balaban J connectivity index is 2.08. The van der Waals surface area contributed by atoms with Gasteiger partial charge in [-0.1, -0.05) is 24.3 Å². The fraction of sp³-hybridized carbons (Fsp3) is 0.125. The Morgan fingerprint density at radius 3 is 1.30 bits per heavy atom. The maximum absolute atomic E-state index is 8.44. The van der Waals surface area contributed by atoms with Gasteiger partial charge in [-0.05, 0) is 35.4 Å². The van der Waals surface area contributed by atoms with Crippen molar-refractivity contribution < 1.29 is 9.47 Å². The van der Waals surface area contributed by atoms with Crippen molar-refractivity contribution in [1.82, 2.24) is 0 Å². The lowest BCUT2D eigenvalue weighted by Crippen LogP contribution is -1.93. The molecule has 0 aromatic heterocycles. The third-order valence-electron chi connectivity index (χ3n) is 2.65. The van der Waals surface area contributed by atoms with Crippen LogP contribution in [0.1, 0.15) is 0 Å². The van der Waals surface area contributed by atoms with Crippen LogP contribution in [0.25, 0.3) is 11.1 Å². The van der Waals surface area contributed by atoms with Crippen LogP contribution in [0.3, 0.4) is 0 Å². The first-order valence-corrected chi connectivity index (χ1v) is 6.03. The van der Waals surface area contributed by atoms with Crippen LogP contribution in [0.4, 0.5) is 0 Å². The van der Waals surface area contributed by atoms with E-state index in [1.54, 1.807) is 0 Å². The maximum Gasteiger partial charge on any atom is 0.174 e. The Labute approximate surface area is 117 Å². The predicted octanol–water partition coefficient (Wildman–Crippen LogP) is 3.16. The van der Waals surface area contributed by atoms with Gasteiger partial charge in [-0.3, -0.25) is 0 Å². The van der Waals surface area contributed by atoms with Gasteiger partial charge in [-0.15, -0.1) is 0 Å². The molecule has 4 heteroatoms. The number of ether oxygens (including phenoxy) is 2. The lowest BCUT2D eigenvalue weighted by atomic mass is 10.1. The van der Waals surface area contributed by atoms with E-state index in [9.17, 15) is 0 Å². The molecule has 98 valence electrons. The van der Waals surface area contributed by atoms with Gasteiger partial charge in [-0.2, -0.15) is 10.5 Å². The molecular formula is C16H12N2O2. The molecule has 0 saturated carbocycles. The zero-order valence-corrected chi connectivity index (χ0v) is 10.7. The summed E-state index contributed by atoms with van der Waals surface area (Å²) in [5.74, 6) is 1.34. The number of nitriles is 2. The normalized spacial score (nSPS) is 9.30. The Morgan fingerprint density at radius 1 is 0.650 bits per heavy atom. The molecule has 0 atom stereocenters. The number of hydrogen-bond donors (Lipinski definition) is 0. The average Bonchev–Trinajstić information content (AvgIpc) is 2.52. The van der Waals surface area contributed by atoms with Crippen LogP contribution < -0.4 is 9.47 Å². The predicted molar refractivity (Wildman–Crippen MR) is 74.1 cm³/mol. The molecule has 2 aromatic rings. The fourth-order valence-electron chi connectivity index (χ4n) is 1.72. The number of nitrogens with zero attached hydrogens (tertiary/aromatic N) is 2. The summed E-state index contributed by atoms with van der Waals surface area (Å²) in [4.78, 5) is 0. The molecule has 0 N–H and O–H groups in total. The summed E-state index contributed by atoms with van der Waals surface area (Å²) in [5, 5.41) is 16.9. The first kappa shape index (κ1) is 13.5. The Kier molecular flexibility index (Phi) is 4.59. The Bertz CT molecular complexity index is 575. The summed E-state index contributed by atoms with van der Waals surface area (Å²) >= 11 is 0. The fourth-order valence-corrected chi connectivity index (χ4v) is 1.72. The van der Waals surface area contributed by atoms with E-state index >= 15 is 0 Å². The third-order valence-corrected chi connectivity index (χ3v) is 2.65. The van der Waals surface area contributed by atoms with E-state index < -0.39 is 0 Å². The quantitative estimate of drug-likeness (QED) is 0.832. The third kappa shape index (κ3) is 3.51. The zero-order chi connectivity index (χ0) is 14.2. The van der Waals surface area contributed by atoms with Gasteiger partial charge in [-0.25, -0.2) is 0 Å². The molecule has 0 aliphatic carbocycles.